The van der Waals surface area contributed by atoms with Gasteiger partial charge in [-0.25, -0.2) is 9.59 Å². The van der Waals surface area contributed by atoms with Crippen LogP contribution in [0.25, 0.3) is 0 Å². The molecule has 0 rings (SSSR count). The van der Waals surface area contributed by atoms with Crippen LogP contribution in [-0.2, 0) is 28.7 Å². The number of ether oxygens (including phenoxy) is 1. The average molecular weight is 566 g/mol. The van der Waals surface area contributed by atoms with Gasteiger partial charge in [-0.3, -0.25) is 14.4 Å². The smallest absolute Gasteiger partial charge is 0.332 e. The molecule has 0 aromatic carbocycles. The van der Waals surface area contributed by atoms with Gasteiger partial charge in [-0.15, -0.1) is 0 Å². The number of esters is 1. The zero-order chi connectivity index (χ0) is 29.2. The van der Waals surface area contributed by atoms with Gasteiger partial charge in [0, 0.05) is 6.42 Å². The summed E-state index contributed by atoms with van der Waals surface area (Å²) in [6.07, 6.45) is 10.8. The summed E-state index contributed by atoms with van der Waals surface area (Å²) in [6, 6.07) is -0.781. The zero-order valence-electron chi connectivity index (χ0n) is 22.8. The van der Waals surface area contributed by atoms with Gasteiger partial charge >= 0.3 is 23.9 Å². The van der Waals surface area contributed by atoms with E-state index in [1.165, 1.54) is 31.0 Å². The molecule has 12 heteroatoms. The van der Waals surface area contributed by atoms with Crippen molar-refractivity contribution in [1.29, 1.82) is 0 Å². The van der Waals surface area contributed by atoms with Crippen molar-refractivity contribution < 1.29 is 49.1 Å². The molecule has 0 fully saturated rings. The first-order chi connectivity index (χ1) is 18.1. The Bertz CT molecular complexity index is 662. The fourth-order valence-electron chi connectivity index (χ4n) is 3.47. The van der Waals surface area contributed by atoms with Crippen LogP contribution in [0.2, 0.25) is 0 Å². The van der Waals surface area contributed by atoms with E-state index in [9.17, 15) is 24.0 Å². The van der Waals surface area contributed by atoms with Crippen LogP contribution in [0.5, 0.6) is 0 Å². The number of hydrogen-bond acceptors (Lipinski definition) is 8. The lowest BCUT2D eigenvalue weighted by atomic mass is 10.1. The zero-order valence-corrected chi connectivity index (χ0v) is 23.6. The summed E-state index contributed by atoms with van der Waals surface area (Å²) in [5.74, 6) is -2.97. The SMILES string of the molecule is CCCCCCCCC(O)C(=O)O.CSCC[C@H](NC=O)C(=O)OC(CCCCCCC(=O)O)CC(=O)O. The van der Waals surface area contributed by atoms with E-state index in [4.69, 9.17) is 25.2 Å². The highest BCUT2D eigenvalue weighted by Crippen LogP contribution is 2.14. The fraction of sp³-hybridized carbons (Fsp3) is 0.808. The maximum absolute atomic E-state index is 12.1. The van der Waals surface area contributed by atoms with Crippen molar-refractivity contribution in [2.75, 3.05) is 12.0 Å². The van der Waals surface area contributed by atoms with E-state index in [0.29, 0.717) is 44.3 Å². The maximum Gasteiger partial charge on any atom is 0.332 e. The number of aliphatic hydroxyl groups is 1. The second kappa shape index (κ2) is 26.3. The number of nitrogens with one attached hydrogen (secondary N) is 1. The molecule has 0 bridgehead atoms. The number of thioether (sulfide) groups is 1. The van der Waals surface area contributed by atoms with Crippen LogP contribution in [0, 0.1) is 0 Å². The second-order valence-corrected chi connectivity index (χ2v) is 10.0. The number of unbranched alkanes of at least 4 members (excludes halogenated alkanes) is 8. The molecule has 0 aliphatic heterocycles. The molecule has 5 N–H and O–H groups in total. The summed E-state index contributed by atoms with van der Waals surface area (Å²) in [5.41, 5.74) is 0. The van der Waals surface area contributed by atoms with E-state index in [1.54, 1.807) is 0 Å². The number of aliphatic carboxylic acids is 3. The second-order valence-electron chi connectivity index (χ2n) is 9.03. The Morgan fingerprint density at radius 3 is 1.95 bits per heavy atom. The molecule has 38 heavy (non-hydrogen) atoms. The molecule has 222 valence electrons. The quantitative estimate of drug-likeness (QED) is 0.0649. The normalized spacial score (nSPS) is 12.8. The van der Waals surface area contributed by atoms with E-state index >= 15 is 0 Å². The van der Waals surface area contributed by atoms with Crippen LogP contribution in [0.3, 0.4) is 0 Å². The Hall–Kier alpha value is -2.34. The molecule has 0 spiro atoms. The van der Waals surface area contributed by atoms with Gasteiger partial charge in [0.2, 0.25) is 6.41 Å². The molecule has 0 aromatic heterocycles. The van der Waals surface area contributed by atoms with Crippen LogP contribution in [0.4, 0.5) is 0 Å². The lowest BCUT2D eigenvalue weighted by molar-refractivity contribution is -0.156. The monoisotopic (exact) mass is 565 g/mol. The number of rotatable bonds is 24. The average Bonchev–Trinajstić information content (AvgIpc) is 2.85. The topological polar surface area (TPSA) is 188 Å². The van der Waals surface area contributed by atoms with Crippen molar-refractivity contribution in [3.63, 3.8) is 0 Å². The molecule has 2 unspecified atom stereocenters. The van der Waals surface area contributed by atoms with Crippen molar-refractivity contribution in [2.24, 2.45) is 0 Å². The van der Waals surface area contributed by atoms with E-state index in [-0.39, 0.29) is 12.8 Å². The lowest BCUT2D eigenvalue weighted by Crippen LogP contribution is -2.39. The van der Waals surface area contributed by atoms with Gasteiger partial charge < -0.3 is 30.5 Å². The first-order valence-corrected chi connectivity index (χ1v) is 14.7. The highest BCUT2D eigenvalue weighted by Gasteiger charge is 2.24. The van der Waals surface area contributed by atoms with Gasteiger partial charge in [0.1, 0.15) is 12.1 Å². The van der Waals surface area contributed by atoms with Crippen molar-refractivity contribution >= 4 is 42.0 Å². The van der Waals surface area contributed by atoms with Gasteiger partial charge in [-0.2, -0.15) is 11.8 Å². The molecular weight excluding hydrogens is 518 g/mol. The minimum Gasteiger partial charge on any atom is -0.481 e. The molecule has 0 saturated heterocycles. The third kappa shape index (κ3) is 25.3. The van der Waals surface area contributed by atoms with Crippen molar-refractivity contribution in [3.8, 4) is 0 Å². The predicted octanol–water partition coefficient (Wildman–Crippen LogP) is 3.85. The molecule has 1 amide bonds. The van der Waals surface area contributed by atoms with E-state index in [2.05, 4.69) is 12.2 Å². The third-order valence-electron chi connectivity index (χ3n) is 5.63. The highest BCUT2D eigenvalue weighted by atomic mass is 32.2. The van der Waals surface area contributed by atoms with Crippen LogP contribution in [0.15, 0.2) is 0 Å². The van der Waals surface area contributed by atoms with Gasteiger partial charge in [0.25, 0.3) is 0 Å². The maximum atomic E-state index is 12.1. The van der Waals surface area contributed by atoms with Crippen LogP contribution in [-0.4, -0.2) is 81.0 Å². The molecule has 3 atom stereocenters. The molecule has 0 saturated carbocycles. The Morgan fingerprint density at radius 2 is 1.42 bits per heavy atom. The summed E-state index contributed by atoms with van der Waals surface area (Å²) in [4.78, 5) is 54.3. The van der Waals surface area contributed by atoms with E-state index < -0.39 is 42.1 Å². The standard InChI is InChI=1S/C16H27NO7S.C10H20O3/c1-25-9-8-13(17-11-18)16(23)24-12(10-15(21)22)6-4-2-3-5-7-14(19)20;1-2-3-4-5-6-7-8-9(11)10(12)13/h11-13H,2-10H2,1H3,(H,17,18)(H,19,20)(H,21,22);9,11H,2-8H2,1H3,(H,12,13)/t12?,13-;/m0./s1. The minimum absolute atomic E-state index is 0.113. The number of carbonyl (C=O) groups excluding carboxylic acids is 2. The number of carboxylic acid groups (broad SMARTS) is 3. The molecule has 0 aromatic rings. The van der Waals surface area contributed by atoms with Gasteiger partial charge in [0.05, 0.1) is 6.42 Å². The van der Waals surface area contributed by atoms with Crippen LogP contribution >= 0.6 is 11.8 Å². The van der Waals surface area contributed by atoms with E-state index in [0.717, 1.165) is 32.1 Å². The van der Waals surface area contributed by atoms with Crippen molar-refractivity contribution in [3.05, 3.63) is 0 Å². The number of amides is 1. The molecule has 0 radical (unpaired) electrons. The van der Waals surface area contributed by atoms with Crippen molar-refractivity contribution in [2.45, 2.75) is 121 Å². The Balaban J connectivity index is 0. The summed E-state index contributed by atoms with van der Waals surface area (Å²) >= 11 is 1.53. The summed E-state index contributed by atoms with van der Waals surface area (Å²) in [7, 11) is 0. The van der Waals surface area contributed by atoms with Crippen LogP contribution < -0.4 is 5.32 Å². The van der Waals surface area contributed by atoms with Crippen molar-refractivity contribution in [1.82, 2.24) is 5.32 Å². The highest BCUT2D eigenvalue weighted by molar-refractivity contribution is 7.98. The molecular formula is C26H47NO10S. The number of carbonyl (C=O) groups is 5. The summed E-state index contributed by atoms with van der Waals surface area (Å²) < 4.78 is 5.27. The molecule has 0 heterocycles. The Kier molecular flexibility index (Phi) is 26.1. The van der Waals surface area contributed by atoms with Gasteiger partial charge in [-0.05, 0) is 44.1 Å². The molecule has 0 aliphatic carbocycles. The number of hydrogen-bond donors (Lipinski definition) is 5. The van der Waals surface area contributed by atoms with E-state index in [1.807, 2.05) is 6.26 Å². The fourth-order valence-corrected chi connectivity index (χ4v) is 3.95. The Labute approximate surface area is 230 Å². The summed E-state index contributed by atoms with van der Waals surface area (Å²) in [6.45, 7) is 2.16. The molecule has 11 nitrogen and oxygen atoms in total. The summed E-state index contributed by atoms with van der Waals surface area (Å²) in [5, 5.41) is 37.2. The third-order valence-corrected chi connectivity index (χ3v) is 6.28. The first kappa shape index (κ1) is 37.8. The van der Waals surface area contributed by atoms with Crippen LogP contribution in [0.1, 0.15) is 103 Å². The molecule has 0 aliphatic rings. The first-order valence-electron chi connectivity index (χ1n) is 13.3. The lowest BCUT2D eigenvalue weighted by Gasteiger charge is -2.20. The number of aliphatic hydroxyl groups excluding tert-OH is 1. The van der Waals surface area contributed by atoms with Gasteiger partial charge in [-0.1, -0.05) is 58.3 Å². The predicted molar refractivity (Wildman–Crippen MR) is 145 cm³/mol. The number of carboxylic acids is 3. The van der Waals surface area contributed by atoms with Gasteiger partial charge in [0.15, 0.2) is 6.10 Å². The Morgan fingerprint density at radius 1 is 0.842 bits per heavy atom. The largest absolute Gasteiger partial charge is 0.481 e. The minimum atomic E-state index is -1.16.